The van der Waals surface area contributed by atoms with Crippen LogP contribution in [0.3, 0.4) is 0 Å². The summed E-state index contributed by atoms with van der Waals surface area (Å²) in [5.74, 6) is 0. The van der Waals surface area contributed by atoms with Gasteiger partial charge in [-0.25, -0.2) is 0 Å². The lowest BCUT2D eigenvalue weighted by Crippen LogP contribution is -2.43. The molecule has 0 aliphatic carbocycles. The molecule has 0 saturated carbocycles. The quantitative estimate of drug-likeness (QED) is 0.400. The summed E-state index contributed by atoms with van der Waals surface area (Å²) in [4.78, 5) is 2.49. The van der Waals surface area contributed by atoms with Gasteiger partial charge in [-0.05, 0) is 45.2 Å². The molecule has 0 rings (SSSR count). The van der Waals surface area contributed by atoms with Crippen LogP contribution in [0.5, 0.6) is 0 Å². The molecular formula is C18H39N. The van der Waals surface area contributed by atoms with Crippen LogP contribution in [-0.2, 0) is 0 Å². The third-order valence-electron chi connectivity index (χ3n) is 5.27. The van der Waals surface area contributed by atoms with Crippen LogP contribution in [0, 0.1) is 5.41 Å². The number of nitrogens with zero attached hydrogens (tertiary/aromatic N) is 1. The van der Waals surface area contributed by atoms with E-state index in [0.717, 1.165) is 6.04 Å². The highest BCUT2D eigenvalue weighted by atomic mass is 15.1. The summed E-state index contributed by atoms with van der Waals surface area (Å²) in [6, 6.07) is 0.763. The fraction of sp³-hybridized carbons (Fsp3) is 1.00. The third kappa shape index (κ3) is 6.29. The second-order valence-electron chi connectivity index (χ2n) is 6.46. The maximum Gasteiger partial charge on any atom is 0.0145 e. The average molecular weight is 270 g/mol. The summed E-state index contributed by atoms with van der Waals surface area (Å²) >= 11 is 0. The van der Waals surface area contributed by atoms with Gasteiger partial charge in [0.1, 0.15) is 0 Å². The molecule has 0 heterocycles. The van der Waals surface area contributed by atoms with Crippen LogP contribution in [0.2, 0.25) is 0 Å². The first-order chi connectivity index (χ1) is 9.07. The molecule has 0 spiro atoms. The first kappa shape index (κ1) is 19.0. The predicted molar refractivity (Wildman–Crippen MR) is 88.8 cm³/mol. The predicted octanol–water partition coefficient (Wildman–Crippen LogP) is 5.88. The maximum atomic E-state index is 2.49. The molecular weight excluding hydrogens is 230 g/mol. The van der Waals surface area contributed by atoms with Crippen LogP contribution < -0.4 is 0 Å². The minimum Gasteiger partial charge on any atom is -0.306 e. The van der Waals surface area contributed by atoms with Gasteiger partial charge in [0.2, 0.25) is 0 Å². The molecule has 0 aliphatic rings. The van der Waals surface area contributed by atoms with Crippen LogP contribution in [0.25, 0.3) is 0 Å². The monoisotopic (exact) mass is 269 g/mol. The Kier molecular flexibility index (Phi) is 10.7. The van der Waals surface area contributed by atoms with Gasteiger partial charge >= 0.3 is 0 Å². The van der Waals surface area contributed by atoms with E-state index in [1.165, 1.54) is 64.2 Å². The van der Waals surface area contributed by atoms with Crippen molar-refractivity contribution in [3.8, 4) is 0 Å². The highest BCUT2D eigenvalue weighted by Crippen LogP contribution is 2.38. The molecule has 0 amide bonds. The molecule has 0 aromatic heterocycles. The van der Waals surface area contributed by atoms with Gasteiger partial charge in [-0.15, -0.1) is 0 Å². The van der Waals surface area contributed by atoms with Crippen molar-refractivity contribution in [2.45, 2.75) is 97.9 Å². The fourth-order valence-corrected chi connectivity index (χ4v) is 3.69. The largest absolute Gasteiger partial charge is 0.306 e. The Labute approximate surface area is 123 Å². The van der Waals surface area contributed by atoms with Gasteiger partial charge in [0.15, 0.2) is 0 Å². The molecule has 0 aliphatic heterocycles. The molecule has 19 heavy (non-hydrogen) atoms. The van der Waals surface area contributed by atoms with E-state index in [2.05, 4.69) is 46.7 Å². The van der Waals surface area contributed by atoms with Crippen molar-refractivity contribution in [3.63, 3.8) is 0 Å². The Morgan fingerprint density at radius 1 is 0.737 bits per heavy atom. The summed E-state index contributed by atoms with van der Waals surface area (Å²) < 4.78 is 0. The van der Waals surface area contributed by atoms with E-state index < -0.39 is 0 Å². The lowest BCUT2D eigenvalue weighted by molar-refractivity contribution is 0.0759. The first-order valence-electron chi connectivity index (χ1n) is 8.74. The number of rotatable bonds is 12. The molecule has 1 atom stereocenters. The van der Waals surface area contributed by atoms with Crippen LogP contribution in [0.1, 0.15) is 91.9 Å². The van der Waals surface area contributed by atoms with E-state index >= 15 is 0 Å². The molecule has 0 aromatic rings. The average Bonchev–Trinajstić information content (AvgIpc) is 2.42. The van der Waals surface area contributed by atoms with E-state index in [1.807, 2.05) is 0 Å². The third-order valence-corrected chi connectivity index (χ3v) is 5.27. The van der Waals surface area contributed by atoms with Gasteiger partial charge in [0.25, 0.3) is 0 Å². The zero-order chi connectivity index (χ0) is 14.7. The standard InChI is InChI=1S/C18H39N/c1-7-11-12-13-14-15-16-17(19(5)6)18(8-2,9-3)10-4/h17H,7-16H2,1-6H3. The van der Waals surface area contributed by atoms with E-state index in [0.29, 0.717) is 5.41 Å². The molecule has 1 heteroatoms. The van der Waals surface area contributed by atoms with E-state index in [1.54, 1.807) is 0 Å². The van der Waals surface area contributed by atoms with Crippen molar-refractivity contribution in [2.24, 2.45) is 5.41 Å². The number of hydrogen-bond donors (Lipinski definition) is 0. The minimum atomic E-state index is 0.535. The Morgan fingerprint density at radius 2 is 1.21 bits per heavy atom. The van der Waals surface area contributed by atoms with Crippen LogP contribution in [-0.4, -0.2) is 25.0 Å². The van der Waals surface area contributed by atoms with Crippen LogP contribution >= 0.6 is 0 Å². The van der Waals surface area contributed by atoms with Gasteiger partial charge in [-0.3, -0.25) is 0 Å². The van der Waals surface area contributed by atoms with E-state index in [-0.39, 0.29) is 0 Å². The summed E-state index contributed by atoms with van der Waals surface area (Å²) in [6.07, 6.45) is 13.8. The Hall–Kier alpha value is -0.0400. The zero-order valence-electron chi connectivity index (χ0n) is 14.6. The second-order valence-corrected chi connectivity index (χ2v) is 6.46. The molecule has 0 aromatic carbocycles. The summed E-state index contributed by atoms with van der Waals surface area (Å²) in [5.41, 5.74) is 0.535. The molecule has 0 saturated heterocycles. The van der Waals surface area contributed by atoms with Crippen molar-refractivity contribution in [1.82, 2.24) is 4.90 Å². The molecule has 0 radical (unpaired) electrons. The molecule has 0 fully saturated rings. The molecule has 0 bridgehead atoms. The van der Waals surface area contributed by atoms with Crippen molar-refractivity contribution in [3.05, 3.63) is 0 Å². The lowest BCUT2D eigenvalue weighted by atomic mass is 9.71. The van der Waals surface area contributed by atoms with Gasteiger partial charge in [0, 0.05) is 6.04 Å². The van der Waals surface area contributed by atoms with Gasteiger partial charge in [-0.1, -0.05) is 66.2 Å². The Bertz CT molecular complexity index is 186. The number of hydrogen-bond acceptors (Lipinski definition) is 1. The van der Waals surface area contributed by atoms with Crippen molar-refractivity contribution in [2.75, 3.05) is 14.1 Å². The van der Waals surface area contributed by atoms with Crippen molar-refractivity contribution in [1.29, 1.82) is 0 Å². The molecule has 1 nitrogen and oxygen atoms in total. The second kappa shape index (κ2) is 10.7. The van der Waals surface area contributed by atoms with E-state index in [4.69, 9.17) is 0 Å². The van der Waals surface area contributed by atoms with Gasteiger partial charge in [-0.2, -0.15) is 0 Å². The topological polar surface area (TPSA) is 3.24 Å². The van der Waals surface area contributed by atoms with Crippen LogP contribution in [0.4, 0.5) is 0 Å². The van der Waals surface area contributed by atoms with Gasteiger partial charge < -0.3 is 4.90 Å². The molecule has 0 N–H and O–H groups in total. The van der Waals surface area contributed by atoms with Crippen molar-refractivity contribution >= 4 is 0 Å². The Morgan fingerprint density at radius 3 is 1.63 bits per heavy atom. The fourth-order valence-electron chi connectivity index (χ4n) is 3.69. The highest BCUT2D eigenvalue weighted by Gasteiger charge is 2.34. The summed E-state index contributed by atoms with van der Waals surface area (Å²) in [5, 5.41) is 0. The highest BCUT2D eigenvalue weighted by molar-refractivity contribution is 4.88. The lowest BCUT2D eigenvalue weighted by Gasteiger charge is -2.43. The zero-order valence-corrected chi connectivity index (χ0v) is 14.6. The normalized spacial score (nSPS) is 14.1. The smallest absolute Gasteiger partial charge is 0.0145 e. The van der Waals surface area contributed by atoms with Crippen LogP contribution in [0.15, 0.2) is 0 Å². The Balaban J connectivity index is 4.25. The SMILES string of the molecule is CCCCCCCCC(N(C)C)C(CC)(CC)CC. The first-order valence-corrected chi connectivity index (χ1v) is 8.74. The molecule has 116 valence electrons. The number of unbranched alkanes of at least 4 members (excludes halogenated alkanes) is 5. The van der Waals surface area contributed by atoms with E-state index in [9.17, 15) is 0 Å². The van der Waals surface area contributed by atoms with Gasteiger partial charge in [0.05, 0.1) is 0 Å². The minimum absolute atomic E-state index is 0.535. The van der Waals surface area contributed by atoms with Crippen molar-refractivity contribution < 1.29 is 0 Å². The molecule has 1 unspecified atom stereocenters. The summed E-state index contributed by atoms with van der Waals surface area (Å²) in [7, 11) is 4.55. The maximum absolute atomic E-state index is 2.49. The summed E-state index contributed by atoms with van der Waals surface area (Å²) in [6.45, 7) is 9.43.